The molecule has 1 N–H and O–H groups in total. The summed E-state index contributed by atoms with van der Waals surface area (Å²) in [5, 5.41) is 3.23. The van der Waals surface area contributed by atoms with Crippen LogP contribution in [-0.4, -0.2) is 20.1 Å². The van der Waals surface area contributed by atoms with Gasteiger partial charge in [0.2, 0.25) is 0 Å². The van der Waals surface area contributed by atoms with Crippen LogP contribution in [0.3, 0.4) is 0 Å². The summed E-state index contributed by atoms with van der Waals surface area (Å²) in [5.74, 6) is -0.158. The molecular weight excluding hydrogens is 202 g/mol. The molecule has 0 amide bonds. The van der Waals surface area contributed by atoms with Gasteiger partial charge in [-0.05, 0) is 31.5 Å². The van der Waals surface area contributed by atoms with Crippen LogP contribution in [0.25, 0.3) is 0 Å². The molecule has 1 aromatic carbocycles. The van der Waals surface area contributed by atoms with Crippen LogP contribution in [0.15, 0.2) is 24.3 Å². The highest BCUT2D eigenvalue weighted by Gasteiger charge is 2.13. The molecule has 16 heavy (non-hydrogen) atoms. The standard InChI is InChI=1S/C13H19NO2/c1-10-6-4-5-7-11(10)12(14-2)8-9-13(15)16-3/h4-7,12,14H,8-9H2,1-3H3. The third-order valence-electron chi connectivity index (χ3n) is 2.78. The first-order valence-corrected chi connectivity index (χ1v) is 5.48. The Kier molecular flexibility index (Phi) is 4.99. The quantitative estimate of drug-likeness (QED) is 0.775. The van der Waals surface area contributed by atoms with E-state index in [4.69, 9.17) is 0 Å². The van der Waals surface area contributed by atoms with E-state index in [9.17, 15) is 4.79 Å². The predicted octanol–water partition coefficient (Wildman–Crippen LogP) is 2.21. The molecule has 0 spiro atoms. The van der Waals surface area contributed by atoms with Gasteiger partial charge in [0.15, 0.2) is 0 Å². The van der Waals surface area contributed by atoms with Crippen molar-refractivity contribution in [1.29, 1.82) is 0 Å². The smallest absolute Gasteiger partial charge is 0.305 e. The van der Waals surface area contributed by atoms with Crippen molar-refractivity contribution in [3.63, 3.8) is 0 Å². The van der Waals surface area contributed by atoms with Gasteiger partial charge in [0, 0.05) is 12.5 Å². The van der Waals surface area contributed by atoms with Crippen LogP contribution in [0.2, 0.25) is 0 Å². The van der Waals surface area contributed by atoms with Gasteiger partial charge in [0.25, 0.3) is 0 Å². The molecule has 0 bridgehead atoms. The van der Waals surface area contributed by atoms with Gasteiger partial charge in [-0.3, -0.25) is 4.79 Å². The van der Waals surface area contributed by atoms with Crippen LogP contribution < -0.4 is 5.32 Å². The first kappa shape index (κ1) is 12.7. The second-order valence-corrected chi connectivity index (χ2v) is 3.81. The zero-order chi connectivity index (χ0) is 12.0. The van der Waals surface area contributed by atoms with Gasteiger partial charge >= 0.3 is 5.97 Å². The Balaban J connectivity index is 2.68. The molecule has 0 aliphatic heterocycles. The SMILES string of the molecule is CNC(CCC(=O)OC)c1ccccc1C. The van der Waals surface area contributed by atoms with Crippen LogP contribution >= 0.6 is 0 Å². The number of hydrogen-bond acceptors (Lipinski definition) is 3. The normalized spacial score (nSPS) is 12.2. The van der Waals surface area contributed by atoms with Gasteiger partial charge in [0.1, 0.15) is 0 Å². The maximum absolute atomic E-state index is 11.1. The zero-order valence-electron chi connectivity index (χ0n) is 10.1. The predicted molar refractivity (Wildman–Crippen MR) is 64.2 cm³/mol. The fourth-order valence-electron chi connectivity index (χ4n) is 1.80. The average Bonchev–Trinajstić information content (AvgIpc) is 2.31. The van der Waals surface area contributed by atoms with E-state index in [1.807, 2.05) is 19.2 Å². The molecule has 1 unspecified atom stereocenters. The van der Waals surface area contributed by atoms with Gasteiger partial charge in [-0.1, -0.05) is 24.3 Å². The van der Waals surface area contributed by atoms with Crippen molar-refractivity contribution >= 4 is 5.97 Å². The Labute approximate surface area is 96.8 Å². The minimum atomic E-state index is -0.158. The Morgan fingerprint density at radius 1 is 1.44 bits per heavy atom. The molecule has 0 saturated heterocycles. The van der Waals surface area contributed by atoms with Crippen molar-refractivity contribution < 1.29 is 9.53 Å². The van der Waals surface area contributed by atoms with Crippen molar-refractivity contribution in [1.82, 2.24) is 5.32 Å². The van der Waals surface area contributed by atoms with E-state index in [0.717, 1.165) is 6.42 Å². The van der Waals surface area contributed by atoms with Crippen LogP contribution in [0.4, 0.5) is 0 Å². The summed E-state index contributed by atoms with van der Waals surface area (Å²) in [5.41, 5.74) is 2.49. The molecule has 1 atom stereocenters. The lowest BCUT2D eigenvalue weighted by molar-refractivity contribution is -0.140. The first-order valence-electron chi connectivity index (χ1n) is 5.48. The molecule has 0 fully saturated rings. The summed E-state index contributed by atoms with van der Waals surface area (Å²) in [6, 6.07) is 8.42. The number of hydrogen-bond donors (Lipinski definition) is 1. The molecule has 3 nitrogen and oxygen atoms in total. The highest BCUT2D eigenvalue weighted by Crippen LogP contribution is 2.21. The average molecular weight is 221 g/mol. The number of benzene rings is 1. The molecule has 0 saturated carbocycles. The highest BCUT2D eigenvalue weighted by atomic mass is 16.5. The monoisotopic (exact) mass is 221 g/mol. The summed E-state index contributed by atoms with van der Waals surface area (Å²) in [6.45, 7) is 2.08. The fraction of sp³-hybridized carbons (Fsp3) is 0.462. The maximum atomic E-state index is 11.1. The molecule has 0 aliphatic carbocycles. The number of carbonyl (C=O) groups is 1. The molecule has 0 radical (unpaired) electrons. The maximum Gasteiger partial charge on any atom is 0.305 e. The second kappa shape index (κ2) is 6.28. The minimum Gasteiger partial charge on any atom is -0.469 e. The summed E-state index contributed by atoms with van der Waals surface area (Å²) in [4.78, 5) is 11.1. The van der Waals surface area contributed by atoms with Crippen LogP contribution in [0.5, 0.6) is 0 Å². The third kappa shape index (κ3) is 3.35. The first-order chi connectivity index (χ1) is 7.69. The Bertz CT molecular complexity index is 350. The Morgan fingerprint density at radius 2 is 2.12 bits per heavy atom. The van der Waals surface area contributed by atoms with Crippen LogP contribution in [-0.2, 0) is 9.53 Å². The number of esters is 1. The number of ether oxygens (including phenoxy) is 1. The number of rotatable bonds is 5. The Morgan fingerprint density at radius 3 is 2.69 bits per heavy atom. The summed E-state index contributed by atoms with van der Waals surface area (Å²) in [7, 11) is 3.33. The molecule has 1 rings (SSSR count). The molecule has 88 valence electrons. The lowest BCUT2D eigenvalue weighted by Crippen LogP contribution is -2.18. The number of aryl methyl sites for hydroxylation is 1. The van der Waals surface area contributed by atoms with Crippen molar-refractivity contribution in [2.75, 3.05) is 14.2 Å². The van der Waals surface area contributed by atoms with Gasteiger partial charge < -0.3 is 10.1 Å². The molecule has 3 heteroatoms. The number of nitrogens with one attached hydrogen (secondary N) is 1. The van der Waals surface area contributed by atoms with E-state index < -0.39 is 0 Å². The number of methoxy groups -OCH3 is 1. The molecule has 0 heterocycles. The van der Waals surface area contributed by atoms with Crippen molar-refractivity contribution in [2.45, 2.75) is 25.8 Å². The lowest BCUT2D eigenvalue weighted by Gasteiger charge is -2.18. The molecule has 0 aliphatic rings. The largest absolute Gasteiger partial charge is 0.469 e. The zero-order valence-corrected chi connectivity index (χ0v) is 10.1. The molecular formula is C13H19NO2. The second-order valence-electron chi connectivity index (χ2n) is 3.81. The van der Waals surface area contributed by atoms with E-state index >= 15 is 0 Å². The van der Waals surface area contributed by atoms with E-state index in [2.05, 4.69) is 29.1 Å². The van der Waals surface area contributed by atoms with E-state index in [-0.39, 0.29) is 12.0 Å². The van der Waals surface area contributed by atoms with Crippen LogP contribution in [0, 0.1) is 6.92 Å². The molecule has 0 aromatic heterocycles. The summed E-state index contributed by atoms with van der Waals surface area (Å²) < 4.78 is 4.64. The van der Waals surface area contributed by atoms with Crippen molar-refractivity contribution in [3.8, 4) is 0 Å². The van der Waals surface area contributed by atoms with E-state index in [1.165, 1.54) is 18.2 Å². The van der Waals surface area contributed by atoms with Crippen LogP contribution in [0.1, 0.15) is 30.0 Å². The van der Waals surface area contributed by atoms with Gasteiger partial charge in [-0.2, -0.15) is 0 Å². The summed E-state index contributed by atoms with van der Waals surface area (Å²) in [6.07, 6.45) is 1.20. The van der Waals surface area contributed by atoms with E-state index in [0.29, 0.717) is 6.42 Å². The van der Waals surface area contributed by atoms with Crippen molar-refractivity contribution in [2.24, 2.45) is 0 Å². The van der Waals surface area contributed by atoms with E-state index in [1.54, 1.807) is 0 Å². The number of carbonyl (C=O) groups excluding carboxylic acids is 1. The minimum absolute atomic E-state index is 0.158. The highest BCUT2D eigenvalue weighted by molar-refractivity contribution is 5.69. The Hall–Kier alpha value is -1.35. The van der Waals surface area contributed by atoms with Gasteiger partial charge in [-0.25, -0.2) is 0 Å². The fourth-order valence-corrected chi connectivity index (χ4v) is 1.80. The summed E-state index contributed by atoms with van der Waals surface area (Å²) >= 11 is 0. The van der Waals surface area contributed by atoms with Crippen molar-refractivity contribution in [3.05, 3.63) is 35.4 Å². The molecule has 1 aromatic rings. The third-order valence-corrected chi connectivity index (χ3v) is 2.78. The lowest BCUT2D eigenvalue weighted by atomic mass is 9.98. The topological polar surface area (TPSA) is 38.3 Å². The van der Waals surface area contributed by atoms with Gasteiger partial charge in [0.05, 0.1) is 7.11 Å². The van der Waals surface area contributed by atoms with Gasteiger partial charge in [-0.15, -0.1) is 0 Å².